The van der Waals surface area contributed by atoms with Crippen LogP contribution in [0.15, 0.2) is 36.4 Å². The van der Waals surface area contributed by atoms with E-state index in [-0.39, 0.29) is 0 Å². The predicted molar refractivity (Wildman–Crippen MR) is 93.6 cm³/mol. The molecule has 0 radical (unpaired) electrons. The van der Waals surface area contributed by atoms with Gasteiger partial charge in [0.15, 0.2) is 0 Å². The molecule has 0 fully saturated rings. The zero-order chi connectivity index (χ0) is 15.5. The monoisotopic (exact) mass is 295 g/mol. The minimum absolute atomic E-state index is 0.654. The van der Waals surface area contributed by atoms with Gasteiger partial charge in [0.2, 0.25) is 0 Å². The number of hydrogen-bond donors (Lipinski definition) is 2. The number of anilines is 2. The van der Waals surface area contributed by atoms with Crippen LogP contribution in [0.5, 0.6) is 5.75 Å². The lowest BCUT2D eigenvalue weighted by Gasteiger charge is -2.14. The molecule has 0 bridgehead atoms. The molecule has 0 saturated heterocycles. The van der Waals surface area contributed by atoms with Crippen molar-refractivity contribution in [1.29, 1.82) is 0 Å². The van der Waals surface area contributed by atoms with E-state index in [4.69, 9.17) is 15.5 Å². The van der Waals surface area contributed by atoms with E-state index in [0.29, 0.717) is 6.61 Å². The summed E-state index contributed by atoms with van der Waals surface area (Å²) in [5, 5.41) is 5.70. The first kappa shape index (κ1) is 14.4. The maximum absolute atomic E-state index is 5.90. The van der Waals surface area contributed by atoms with Gasteiger partial charge in [0.25, 0.3) is 0 Å². The third-order valence-corrected chi connectivity index (χ3v) is 3.63. The second-order valence-electron chi connectivity index (χ2n) is 5.30. The van der Waals surface area contributed by atoms with Crippen molar-refractivity contribution in [3.8, 4) is 5.75 Å². The molecule has 1 aromatic heterocycles. The average Bonchev–Trinajstić information content (AvgIpc) is 2.52. The van der Waals surface area contributed by atoms with Crippen molar-refractivity contribution in [2.24, 2.45) is 0 Å². The Morgan fingerprint density at radius 3 is 2.68 bits per heavy atom. The number of nitrogens with two attached hydrogens (primary N) is 1. The van der Waals surface area contributed by atoms with Crippen LogP contribution < -0.4 is 15.8 Å². The molecule has 0 amide bonds. The third-order valence-electron chi connectivity index (χ3n) is 3.63. The van der Waals surface area contributed by atoms with Crippen molar-refractivity contribution in [3.05, 3.63) is 36.4 Å². The first-order chi connectivity index (χ1) is 10.7. The molecule has 4 heteroatoms. The van der Waals surface area contributed by atoms with Crippen LogP contribution in [0.25, 0.3) is 21.8 Å². The zero-order valence-corrected chi connectivity index (χ0v) is 13.0. The van der Waals surface area contributed by atoms with E-state index in [9.17, 15) is 0 Å². The van der Waals surface area contributed by atoms with E-state index in [2.05, 4.69) is 18.3 Å². The summed E-state index contributed by atoms with van der Waals surface area (Å²) in [4.78, 5) is 4.73. The lowest BCUT2D eigenvalue weighted by atomic mass is 10.1. The average molecular weight is 295 g/mol. The number of hydrogen-bond acceptors (Lipinski definition) is 4. The van der Waals surface area contributed by atoms with Gasteiger partial charge in [0.05, 0.1) is 23.3 Å². The standard InChI is InChI=1S/C18H21N3O/c1-3-9-20-18-14-7-5-12(19)10-17(14)21-16-8-6-13(22-4-2)11-15(16)18/h5-8,10-11H,3-4,9,19H2,1-2H3,(H,20,21). The van der Waals surface area contributed by atoms with Crippen molar-refractivity contribution in [2.75, 3.05) is 24.2 Å². The molecule has 114 valence electrons. The van der Waals surface area contributed by atoms with Crippen molar-refractivity contribution in [1.82, 2.24) is 4.98 Å². The van der Waals surface area contributed by atoms with Crippen LogP contribution in [0, 0.1) is 0 Å². The first-order valence-corrected chi connectivity index (χ1v) is 7.72. The van der Waals surface area contributed by atoms with Crippen molar-refractivity contribution in [3.63, 3.8) is 0 Å². The van der Waals surface area contributed by atoms with Crippen LogP contribution in [-0.4, -0.2) is 18.1 Å². The topological polar surface area (TPSA) is 60.2 Å². The number of rotatable bonds is 5. The molecule has 3 N–H and O–H groups in total. The van der Waals surface area contributed by atoms with E-state index in [1.807, 2.05) is 37.3 Å². The molecule has 0 saturated carbocycles. The SMILES string of the molecule is CCCNc1c2ccc(N)cc2nc2ccc(OCC)cc12. The molecule has 4 nitrogen and oxygen atoms in total. The Morgan fingerprint density at radius 2 is 1.91 bits per heavy atom. The number of ether oxygens (including phenoxy) is 1. The molecule has 1 heterocycles. The van der Waals surface area contributed by atoms with Gasteiger partial charge >= 0.3 is 0 Å². The van der Waals surface area contributed by atoms with E-state index < -0.39 is 0 Å². The van der Waals surface area contributed by atoms with E-state index in [1.54, 1.807) is 0 Å². The van der Waals surface area contributed by atoms with Crippen molar-refractivity contribution >= 4 is 33.2 Å². The quantitative estimate of drug-likeness (QED) is 0.547. The molecular weight excluding hydrogens is 274 g/mol. The predicted octanol–water partition coefficient (Wildman–Crippen LogP) is 4.19. The van der Waals surface area contributed by atoms with Gasteiger partial charge in [0, 0.05) is 23.0 Å². The van der Waals surface area contributed by atoms with Gasteiger partial charge in [-0.2, -0.15) is 0 Å². The van der Waals surface area contributed by atoms with Gasteiger partial charge in [-0.25, -0.2) is 4.98 Å². The van der Waals surface area contributed by atoms with Crippen LogP contribution in [0.3, 0.4) is 0 Å². The second kappa shape index (κ2) is 6.10. The van der Waals surface area contributed by atoms with Gasteiger partial charge in [-0.3, -0.25) is 0 Å². The Kier molecular flexibility index (Phi) is 4.00. The Bertz CT molecular complexity index is 814. The summed E-state index contributed by atoms with van der Waals surface area (Å²) in [7, 11) is 0. The fourth-order valence-corrected chi connectivity index (χ4v) is 2.64. The third kappa shape index (κ3) is 2.64. The zero-order valence-electron chi connectivity index (χ0n) is 13.0. The van der Waals surface area contributed by atoms with Crippen LogP contribution >= 0.6 is 0 Å². The number of nitrogens with one attached hydrogen (secondary N) is 1. The molecule has 2 aromatic carbocycles. The van der Waals surface area contributed by atoms with Gasteiger partial charge in [-0.05, 0) is 49.7 Å². The fraction of sp³-hybridized carbons (Fsp3) is 0.278. The van der Waals surface area contributed by atoms with Crippen LogP contribution in [0.2, 0.25) is 0 Å². The molecule has 0 unspecified atom stereocenters. The molecule has 0 aliphatic rings. The summed E-state index contributed by atoms with van der Waals surface area (Å²) in [5.74, 6) is 0.867. The molecular formula is C18H21N3O. The number of aromatic nitrogens is 1. The number of nitrogen functional groups attached to an aromatic ring is 1. The molecule has 3 rings (SSSR count). The Labute approximate surface area is 130 Å². The van der Waals surface area contributed by atoms with Crippen LogP contribution in [0.4, 0.5) is 11.4 Å². The maximum Gasteiger partial charge on any atom is 0.120 e. The highest BCUT2D eigenvalue weighted by Crippen LogP contribution is 2.33. The van der Waals surface area contributed by atoms with Gasteiger partial charge in [-0.1, -0.05) is 6.92 Å². The summed E-state index contributed by atoms with van der Waals surface area (Å²) in [5.41, 5.74) is 9.59. The molecule has 3 aromatic rings. The second-order valence-corrected chi connectivity index (χ2v) is 5.30. The highest BCUT2D eigenvalue weighted by molar-refractivity contribution is 6.08. The lowest BCUT2D eigenvalue weighted by molar-refractivity contribution is 0.341. The normalized spacial score (nSPS) is 11.0. The Morgan fingerprint density at radius 1 is 1.05 bits per heavy atom. The van der Waals surface area contributed by atoms with E-state index in [0.717, 1.165) is 51.9 Å². The minimum atomic E-state index is 0.654. The largest absolute Gasteiger partial charge is 0.494 e. The summed E-state index contributed by atoms with van der Waals surface area (Å²) in [6.45, 7) is 5.71. The van der Waals surface area contributed by atoms with Crippen LogP contribution in [0.1, 0.15) is 20.3 Å². The summed E-state index contributed by atoms with van der Waals surface area (Å²) < 4.78 is 5.63. The van der Waals surface area contributed by atoms with Gasteiger partial charge < -0.3 is 15.8 Å². The first-order valence-electron chi connectivity index (χ1n) is 7.72. The highest BCUT2D eigenvalue weighted by Gasteiger charge is 2.10. The Hall–Kier alpha value is -2.49. The maximum atomic E-state index is 5.90. The van der Waals surface area contributed by atoms with Crippen LogP contribution in [-0.2, 0) is 0 Å². The Balaban J connectivity index is 2.28. The van der Waals surface area contributed by atoms with Gasteiger partial charge in [-0.15, -0.1) is 0 Å². The molecule has 0 spiro atoms. The minimum Gasteiger partial charge on any atom is -0.494 e. The van der Waals surface area contributed by atoms with Crippen molar-refractivity contribution < 1.29 is 4.74 Å². The number of nitrogens with zero attached hydrogens (tertiary/aromatic N) is 1. The molecule has 22 heavy (non-hydrogen) atoms. The van der Waals surface area contributed by atoms with E-state index in [1.165, 1.54) is 0 Å². The van der Waals surface area contributed by atoms with E-state index >= 15 is 0 Å². The molecule has 0 aliphatic carbocycles. The fourth-order valence-electron chi connectivity index (χ4n) is 2.64. The number of fused-ring (bicyclic) bond motifs is 2. The summed E-state index contributed by atoms with van der Waals surface area (Å²) >= 11 is 0. The lowest BCUT2D eigenvalue weighted by Crippen LogP contribution is -2.03. The summed E-state index contributed by atoms with van der Waals surface area (Å²) in [6, 6.07) is 11.9. The summed E-state index contributed by atoms with van der Waals surface area (Å²) in [6.07, 6.45) is 1.06. The highest BCUT2D eigenvalue weighted by atomic mass is 16.5. The number of benzene rings is 2. The molecule has 0 atom stereocenters. The smallest absolute Gasteiger partial charge is 0.120 e. The number of pyridine rings is 1. The van der Waals surface area contributed by atoms with Crippen molar-refractivity contribution in [2.45, 2.75) is 20.3 Å². The van der Waals surface area contributed by atoms with Gasteiger partial charge in [0.1, 0.15) is 5.75 Å². The molecule has 0 aliphatic heterocycles.